The Hall–Kier alpha value is -2.47. The van der Waals surface area contributed by atoms with E-state index in [0.717, 1.165) is 21.7 Å². The second-order valence-corrected chi connectivity index (χ2v) is 7.05. The van der Waals surface area contributed by atoms with E-state index in [0.29, 0.717) is 5.56 Å². The molecule has 24 heavy (non-hydrogen) atoms. The number of rotatable bonds is 4. The molecule has 5 nitrogen and oxygen atoms in total. The number of ether oxygens (including phenoxy) is 1. The Morgan fingerprint density at radius 3 is 2.54 bits per heavy atom. The third kappa shape index (κ3) is 3.23. The maximum atomic E-state index is 11.9. The highest BCUT2D eigenvalue weighted by molar-refractivity contribution is 7.18. The van der Waals surface area contributed by atoms with Crippen LogP contribution in [0.2, 0.25) is 0 Å². The van der Waals surface area contributed by atoms with E-state index in [4.69, 9.17) is 4.74 Å². The van der Waals surface area contributed by atoms with Crippen LogP contribution in [0.3, 0.4) is 0 Å². The summed E-state index contributed by atoms with van der Waals surface area (Å²) in [5.41, 5.74) is 2.58. The normalized spacial score (nSPS) is 11.0. The average molecular weight is 341 g/mol. The molecule has 0 unspecified atom stereocenters. The summed E-state index contributed by atoms with van der Waals surface area (Å²) in [5.74, 6) is 0.463. The number of carbonyl (C=O) groups is 1. The molecule has 3 rings (SSSR count). The lowest BCUT2D eigenvalue weighted by Gasteiger charge is -2.10. The number of aryl methyl sites for hydroxylation is 2. The molecular weight excluding hydrogens is 322 g/mol. The van der Waals surface area contributed by atoms with Gasteiger partial charge in [0.1, 0.15) is 17.0 Å². The van der Waals surface area contributed by atoms with Gasteiger partial charge in [-0.25, -0.2) is 14.8 Å². The molecule has 0 radical (unpaired) electrons. The third-order valence-corrected chi connectivity index (χ3v) is 4.81. The zero-order chi connectivity index (χ0) is 17.3. The molecule has 3 aromatic rings. The van der Waals surface area contributed by atoms with Crippen LogP contribution >= 0.6 is 11.3 Å². The van der Waals surface area contributed by atoms with Gasteiger partial charge < -0.3 is 10.1 Å². The fourth-order valence-corrected chi connectivity index (χ4v) is 3.38. The van der Waals surface area contributed by atoms with Crippen LogP contribution in [0.5, 0.6) is 0 Å². The van der Waals surface area contributed by atoms with Gasteiger partial charge in [0.05, 0.1) is 17.1 Å². The van der Waals surface area contributed by atoms with Crippen molar-refractivity contribution in [2.75, 3.05) is 5.32 Å². The van der Waals surface area contributed by atoms with E-state index in [1.54, 1.807) is 29.8 Å². The molecule has 0 aliphatic rings. The van der Waals surface area contributed by atoms with Crippen LogP contribution < -0.4 is 5.32 Å². The predicted molar refractivity (Wildman–Crippen MR) is 97.2 cm³/mol. The summed E-state index contributed by atoms with van der Waals surface area (Å²) in [7, 11) is 0. The summed E-state index contributed by atoms with van der Waals surface area (Å²) in [6.07, 6.45) is 1.43. The number of anilines is 2. The highest BCUT2D eigenvalue weighted by atomic mass is 32.1. The van der Waals surface area contributed by atoms with E-state index in [9.17, 15) is 4.79 Å². The number of fused-ring (bicyclic) bond motifs is 1. The van der Waals surface area contributed by atoms with E-state index in [1.165, 1.54) is 10.4 Å². The van der Waals surface area contributed by atoms with Crippen molar-refractivity contribution >= 4 is 39.0 Å². The molecule has 1 N–H and O–H groups in total. The minimum absolute atomic E-state index is 0.130. The van der Waals surface area contributed by atoms with Crippen molar-refractivity contribution in [3.05, 3.63) is 46.6 Å². The minimum Gasteiger partial charge on any atom is -0.459 e. The molecule has 0 saturated heterocycles. The second-order valence-electron chi connectivity index (χ2n) is 5.84. The van der Waals surface area contributed by atoms with Gasteiger partial charge in [-0.2, -0.15) is 0 Å². The average Bonchev–Trinajstić information content (AvgIpc) is 2.83. The van der Waals surface area contributed by atoms with Gasteiger partial charge in [0.15, 0.2) is 0 Å². The molecule has 6 heteroatoms. The molecule has 2 heterocycles. The summed E-state index contributed by atoms with van der Waals surface area (Å²) < 4.78 is 5.19. The van der Waals surface area contributed by atoms with Crippen molar-refractivity contribution < 1.29 is 9.53 Å². The van der Waals surface area contributed by atoms with E-state index in [-0.39, 0.29) is 12.1 Å². The molecule has 0 bridgehead atoms. The number of carbonyl (C=O) groups excluding carboxylic acids is 1. The maximum Gasteiger partial charge on any atom is 0.338 e. The van der Waals surface area contributed by atoms with Crippen molar-refractivity contribution in [3.63, 3.8) is 0 Å². The topological polar surface area (TPSA) is 64.1 Å². The summed E-state index contributed by atoms with van der Waals surface area (Å²) in [4.78, 5) is 22.8. The Morgan fingerprint density at radius 2 is 1.88 bits per heavy atom. The van der Waals surface area contributed by atoms with Crippen molar-refractivity contribution in [1.82, 2.24) is 9.97 Å². The van der Waals surface area contributed by atoms with Crippen LogP contribution in [-0.4, -0.2) is 22.0 Å². The number of hydrogen-bond acceptors (Lipinski definition) is 6. The van der Waals surface area contributed by atoms with E-state index in [2.05, 4.69) is 29.1 Å². The van der Waals surface area contributed by atoms with Crippen molar-refractivity contribution in [1.29, 1.82) is 0 Å². The van der Waals surface area contributed by atoms with Gasteiger partial charge in [0.25, 0.3) is 0 Å². The van der Waals surface area contributed by atoms with Crippen molar-refractivity contribution in [3.8, 4) is 0 Å². The van der Waals surface area contributed by atoms with Crippen LogP contribution in [-0.2, 0) is 4.74 Å². The fourth-order valence-electron chi connectivity index (χ4n) is 2.39. The monoisotopic (exact) mass is 341 g/mol. The van der Waals surface area contributed by atoms with Gasteiger partial charge in [-0.05, 0) is 57.5 Å². The Morgan fingerprint density at radius 1 is 1.17 bits per heavy atom. The Bertz CT molecular complexity index is 885. The number of aromatic nitrogens is 2. The molecule has 0 atom stereocenters. The number of nitrogens with one attached hydrogen (secondary N) is 1. The minimum atomic E-state index is -0.315. The maximum absolute atomic E-state index is 11.9. The molecule has 0 spiro atoms. The Balaban J connectivity index is 1.86. The van der Waals surface area contributed by atoms with Gasteiger partial charge in [-0.1, -0.05) is 0 Å². The third-order valence-electron chi connectivity index (χ3n) is 3.69. The molecular formula is C18H19N3O2S. The standard InChI is InChI=1S/C18H19N3O2S/c1-10(2)23-18(22)13-5-7-14(8-6-13)21-16-15-11(3)12(4)24-17(15)20-9-19-16/h5-10H,1-4H3,(H,19,20,21). The second kappa shape index (κ2) is 6.57. The van der Waals surface area contributed by atoms with Crippen LogP contribution in [0.1, 0.15) is 34.6 Å². The number of thiophene rings is 1. The van der Waals surface area contributed by atoms with Crippen LogP contribution in [0.4, 0.5) is 11.5 Å². The molecule has 0 amide bonds. The molecule has 2 aromatic heterocycles. The summed E-state index contributed by atoms with van der Waals surface area (Å²) in [6.45, 7) is 7.83. The lowest BCUT2D eigenvalue weighted by Crippen LogP contribution is -2.11. The summed E-state index contributed by atoms with van der Waals surface area (Å²) in [5, 5.41) is 4.36. The first-order chi connectivity index (χ1) is 11.5. The molecule has 0 aliphatic carbocycles. The van der Waals surface area contributed by atoms with Gasteiger partial charge in [0.2, 0.25) is 0 Å². The van der Waals surface area contributed by atoms with Crippen molar-refractivity contribution in [2.45, 2.75) is 33.8 Å². The van der Waals surface area contributed by atoms with Gasteiger partial charge in [0, 0.05) is 10.6 Å². The number of nitrogens with zero attached hydrogens (tertiary/aromatic N) is 2. The first-order valence-corrected chi connectivity index (χ1v) is 8.56. The van der Waals surface area contributed by atoms with Gasteiger partial charge >= 0.3 is 5.97 Å². The van der Waals surface area contributed by atoms with E-state index >= 15 is 0 Å². The van der Waals surface area contributed by atoms with E-state index in [1.807, 2.05) is 26.0 Å². The largest absolute Gasteiger partial charge is 0.459 e. The van der Waals surface area contributed by atoms with Gasteiger partial charge in [-0.15, -0.1) is 11.3 Å². The molecule has 1 aromatic carbocycles. The van der Waals surface area contributed by atoms with Crippen LogP contribution in [0.15, 0.2) is 30.6 Å². The lowest BCUT2D eigenvalue weighted by molar-refractivity contribution is 0.0378. The zero-order valence-electron chi connectivity index (χ0n) is 14.1. The van der Waals surface area contributed by atoms with Gasteiger partial charge in [-0.3, -0.25) is 0 Å². The zero-order valence-corrected chi connectivity index (χ0v) is 14.9. The predicted octanol–water partition coefficient (Wildman–Crippen LogP) is 4.62. The fraction of sp³-hybridized carbons (Fsp3) is 0.278. The lowest BCUT2D eigenvalue weighted by atomic mass is 10.2. The highest BCUT2D eigenvalue weighted by Gasteiger charge is 2.13. The molecule has 124 valence electrons. The smallest absolute Gasteiger partial charge is 0.338 e. The highest BCUT2D eigenvalue weighted by Crippen LogP contribution is 2.33. The SMILES string of the molecule is Cc1sc2ncnc(Nc3ccc(C(=O)OC(C)C)cc3)c2c1C. The van der Waals surface area contributed by atoms with Crippen molar-refractivity contribution in [2.24, 2.45) is 0 Å². The Kier molecular flexibility index (Phi) is 4.49. The number of hydrogen-bond donors (Lipinski definition) is 1. The summed E-state index contributed by atoms with van der Waals surface area (Å²) >= 11 is 1.66. The molecule has 0 aliphatic heterocycles. The quantitative estimate of drug-likeness (QED) is 0.702. The van der Waals surface area contributed by atoms with Crippen LogP contribution in [0.25, 0.3) is 10.2 Å². The first-order valence-electron chi connectivity index (χ1n) is 7.74. The summed E-state index contributed by atoms with van der Waals surface area (Å²) in [6, 6.07) is 7.19. The Labute approximate surface area is 144 Å². The number of benzene rings is 1. The molecule has 0 saturated carbocycles. The number of esters is 1. The van der Waals surface area contributed by atoms with E-state index < -0.39 is 0 Å². The molecule has 0 fully saturated rings. The van der Waals surface area contributed by atoms with Crippen LogP contribution in [0, 0.1) is 13.8 Å². The first kappa shape index (κ1) is 16.4.